The van der Waals surface area contributed by atoms with Crippen LogP contribution < -0.4 is 0 Å². The zero-order valence-corrected chi connectivity index (χ0v) is 13.3. The first-order chi connectivity index (χ1) is 11.9. The molecule has 4 rings (SSSR count). The Labute approximate surface area is 141 Å². The normalized spacial score (nSPS) is 28.8. The molecule has 24 heavy (non-hydrogen) atoms. The Bertz CT molecular complexity index is 671. The van der Waals surface area contributed by atoms with E-state index in [9.17, 15) is 0 Å². The van der Waals surface area contributed by atoms with Crippen molar-refractivity contribution in [3.05, 3.63) is 84.1 Å². The molecule has 0 N–H and O–H groups in total. The van der Waals surface area contributed by atoms with E-state index in [-0.39, 0.29) is 24.6 Å². The molecule has 2 aliphatic heterocycles. The SMILES string of the molecule is C1=C[C@@H](OCc2ccccc2)[C@@H]2OC(c3ccccc3)OC[C@H]2O1. The van der Waals surface area contributed by atoms with Crippen LogP contribution in [0, 0.1) is 0 Å². The van der Waals surface area contributed by atoms with Crippen molar-refractivity contribution in [1.82, 2.24) is 0 Å². The average Bonchev–Trinajstić information content (AvgIpc) is 2.67. The predicted molar refractivity (Wildman–Crippen MR) is 89.0 cm³/mol. The van der Waals surface area contributed by atoms with Gasteiger partial charge >= 0.3 is 0 Å². The molecule has 4 nitrogen and oxygen atoms in total. The van der Waals surface area contributed by atoms with Crippen molar-refractivity contribution < 1.29 is 18.9 Å². The third kappa shape index (κ3) is 3.36. The lowest BCUT2D eigenvalue weighted by atomic mass is 10.0. The third-order valence-electron chi connectivity index (χ3n) is 4.26. The lowest BCUT2D eigenvalue weighted by Crippen LogP contribution is -2.50. The highest BCUT2D eigenvalue weighted by atomic mass is 16.7. The highest BCUT2D eigenvalue weighted by molar-refractivity contribution is 5.17. The molecular weight excluding hydrogens is 304 g/mol. The van der Waals surface area contributed by atoms with Gasteiger partial charge in [-0.15, -0.1) is 0 Å². The van der Waals surface area contributed by atoms with E-state index in [1.54, 1.807) is 6.26 Å². The van der Waals surface area contributed by atoms with Crippen LogP contribution >= 0.6 is 0 Å². The fraction of sp³-hybridized carbons (Fsp3) is 0.300. The van der Waals surface area contributed by atoms with Gasteiger partial charge in [-0.1, -0.05) is 60.7 Å². The van der Waals surface area contributed by atoms with Crippen LogP contribution in [0.5, 0.6) is 0 Å². The molecule has 4 atom stereocenters. The molecule has 0 spiro atoms. The molecule has 2 aromatic rings. The van der Waals surface area contributed by atoms with Crippen LogP contribution in [-0.2, 0) is 25.6 Å². The maximum atomic E-state index is 6.15. The van der Waals surface area contributed by atoms with Crippen LogP contribution in [0.3, 0.4) is 0 Å². The van der Waals surface area contributed by atoms with Crippen molar-refractivity contribution in [1.29, 1.82) is 0 Å². The van der Waals surface area contributed by atoms with Crippen LogP contribution in [-0.4, -0.2) is 24.9 Å². The van der Waals surface area contributed by atoms with Gasteiger partial charge in [0, 0.05) is 5.56 Å². The van der Waals surface area contributed by atoms with Gasteiger partial charge in [0.05, 0.1) is 19.5 Å². The fourth-order valence-electron chi connectivity index (χ4n) is 2.99. The number of hydrogen-bond donors (Lipinski definition) is 0. The van der Waals surface area contributed by atoms with Gasteiger partial charge in [-0.2, -0.15) is 0 Å². The molecule has 1 unspecified atom stereocenters. The minimum atomic E-state index is -0.384. The van der Waals surface area contributed by atoms with E-state index in [0.29, 0.717) is 13.2 Å². The third-order valence-corrected chi connectivity index (χ3v) is 4.26. The zero-order valence-electron chi connectivity index (χ0n) is 13.3. The average molecular weight is 324 g/mol. The second-order valence-corrected chi connectivity index (χ2v) is 5.94. The zero-order chi connectivity index (χ0) is 16.2. The summed E-state index contributed by atoms with van der Waals surface area (Å²) >= 11 is 0. The molecule has 1 fully saturated rings. The summed E-state index contributed by atoms with van der Waals surface area (Å²) in [5.41, 5.74) is 2.15. The minimum Gasteiger partial charge on any atom is -0.493 e. The minimum absolute atomic E-state index is 0.143. The Kier molecular flexibility index (Phi) is 4.60. The molecule has 2 aromatic carbocycles. The van der Waals surface area contributed by atoms with E-state index in [1.165, 1.54) is 0 Å². The van der Waals surface area contributed by atoms with Gasteiger partial charge in [-0.25, -0.2) is 0 Å². The van der Waals surface area contributed by atoms with Gasteiger partial charge in [0.1, 0.15) is 12.2 Å². The summed E-state index contributed by atoms with van der Waals surface area (Å²) in [6, 6.07) is 20.1. The van der Waals surface area contributed by atoms with Crippen LogP contribution in [0.4, 0.5) is 0 Å². The number of benzene rings is 2. The Morgan fingerprint density at radius 2 is 1.71 bits per heavy atom. The highest BCUT2D eigenvalue weighted by Crippen LogP contribution is 2.32. The molecule has 0 saturated carbocycles. The second-order valence-electron chi connectivity index (χ2n) is 5.94. The molecule has 4 heteroatoms. The van der Waals surface area contributed by atoms with E-state index < -0.39 is 0 Å². The fourth-order valence-corrected chi connectivity index (χ4v) is 2.99. The lowest BCUT2D eigenvalue weighted by molar-refractivity contribution is -0.281. The topological polar surface area (TPSA) is 36.9 Å². The Morgan fingerprint density at radius 1 is 0.958 bits per heavy atom. The Morgan fingerprint density at radius 3 is 2.50 bits per heavy atom. The molecule has 0 bridgehead atoms. The summed E-state index contributed by atoms with van der Waals surface area (Å²) in [5, 5.41) is 0. The monoisotopic (exact) mass is 324 g/mol. The van der Waals surface area contributed by atoms with Crippen molar-refractivity contribution >= 4 is 0 Å². The van der Waals surface area contributed by atoms with Gasteiger partial charge < -0.3 is 18.9 Å². The first kappa shape index (κ1) is 15.4. The number of hydrogen-bond acceptors (Lipinski definition) is 4. The first-order valence-electron chi connectivity index (χ1n) is 8.20. The maximum absolute atomic E-state index is 6.15. The quantitative estimate of drug-likeness (QED) is 0.861. The van der Waals surface area contributed by atoms with Crippen LogP contribution in [0.15, 0.2) is 73.0 Å². The van der Waals surface area contributed by atoms with Crippen LogP contribution in [0.25, 0.3) is 0 Å². The molecule has 0 amide bonds. The molecule has 0 aromatic heterocycles. The van der Waals surface area contributed by atoms with Gasteiger partial charge in [-0.05, 0) is 11.6 Å². The molecule has 2 heterocycles. The van der Waals surface area contributed by atoms with E-state index in [4.69, 9.17) is 18.9 Å². The van der Waals surface area contributed by atoms with Crippen molar-refractivity contribution in [3.63, 3.8) is 0 Å². The molecular formula is C20H20O4. The van der Waals surface area contributed by atoms with E-state index in [2.05, 4.69) is 12.1 Å². The summed E-state index contributed by atoms with van der Waals surface area (Å²) in [7, 11) is 0. The Balaban J connectivity index is 1.45. The lowest BCUT2D eigenvalue weighted by Gasteiger charge is -2.40. The molecule has 124 valence electrons. The maximum Gasteiger partial charge on any atom is 0.184 e. The standard InChI is InChI=1S/C20H20O4/c1-3-7-15(8-4-1)13-22-17-11-12-21-18-14-23-20(24-19(17)18)16-9-5-2-6-10-16/h1-12,17-20H,13-14H2/t17-,18-,19+,20?/m1/s1. The van der Waals surface area contributed by atoms with Crippen molar-refractivity contribution in [2.75, 3.05) is 6.61 Å². The van der Waals surface area contributed by atoms with E-state index in [0.717, 1.165) is 11.1 Å². The summed E-state index contributed by atoms with van der Waals surface area (Å²) in [6.45, 7) is 1.03. The summed E-state index contributed by atoms with van der Waals surface area (Å²) in [6.07, 6.45) is 2.74. The number of ether oxygens (including phenoxy) is 4. The number of fused-ring (bicyclic) bond motifs is 1. The molecule has 1 saturated heterocycles. The smallest absolute Gasteiger partial charge is 0.184 e. The van der Waals surface area contributed by atoms with Crippen molar-refractivity contribution in [3.8, 4) is 0 Å². The van der Waals surface area contributed by atoms with Crippen molar-refractivity contribution in [2.24, 2.45) is 0 Å². The number of rotatable bonds is 4. The first-order valence-corrected chi connectivity index (χ1v) is 8.20. The van der Waals surface area contributed by atoms with Gasteiger partial charge in [-0.3, -0.25) is 0 Å². The van der Waals surface area contributed by atoms with Crippen LogP contribution in [0.1, 0.15) is 17.4 Å². The van der Waals surface area contributed by atoms with Crippen molar-refractivity contribution in [2.45, 2.75) is 31.2 Å². The highest BCUT2D eigenvalue weighted by Gasteiger charge is 2.40. The Hall–Kier alpha value is -2.14. The largest absolute Gasteiger partial charge is 0.493 e. The predicted octanol–water partition coefficient (Wildman–Crippen LogP) is 3.60. The van der Waals surface area contributed by atoms with Gasteiger partial charge in [0.15, 0.2) is 12.4 Å². The van der Waals surface area contributed by atoms with E-state index in [1.807, 2.05) is 54.6 Å². The summed E-state index contributed by atoms with van der Waals surface area (Å²) < 4.78 is 23.7. The van der Waals surface area contributed by atoms with Gasteiger partial charge in [0.2, 0.25) is 0 Å². The molecule has 0 aliphatic carbocycles. The van der Waals surface area contributed by atoms with Gasteiger partial charge in [0.25, 0.3) is 0 Å². The summed E-state index contributed by atoms with van der Waals surface area (Å²) in [5.74, 6) is 0. The molecule has 2 aliphatic rings. The molecule has 0 radical (unpaired) electrons. The van der Waals surface area contributed by atoms with Crippen LogP contribution in [0.2, 0.25) is 0 Å². The second kappa shape index (κ2) is 7.18. The summed E-state index contributed by atoms with van der Waals surface area (Å²) in [4.78, 5) is 0. The van der Waals surface area contributed by atoms with E-state index >= 15 is 0 Å².